The summed E-state index contributed by atoms with van der Waals surface area (Å²) in [7, 11) is 0. The van der Waals surface area contributed by atoms with Crippen LogP contribution in [0.5, 0.6) is 0 Å². The Balaban J connectivity index is 1.57. The fourth-order valence-electron chi connectivity index (χ4n) is 4.45. The Morgan fingerprint density at radius 3 is 2.03 bits per heavy atom. The van der Waals surface area contributed by atoms with Gasteiger partial charge in [0.05, 0.1) is 23.3 Å². The minimum Gasteiger partial charge on any atom is -0.460 e. The first kappa shape index (κ1) is 22.0. The highest BCUT2D eigenvalue weighted by molar-refractivity contribution is 6.13. The van der Waals surface area contributed by atoms with Gasteiger partial charge in [-0.2, -0.15) is 0 Å². The Bertz CT molecular complexity index is 1010. The minimum atomic E-state index is -0.929. The lowest BCUT2D eigenvalue weighted by Crippen LogP contribution is -2.40. The highest BCUT2D eigenvalue weighted by Crippen LogP contribution is 2.44. The molecule has 3 aromatic rings. The molecule has 2 unspecified atom stereocenters. The van der Waals surface area contributed by atoms with Crippen molar-refractivity contribution in [2.45, 2.75) is 44.9 Å². The van der Waals surface area contributed by atoms with E-state index in [0.717, 1.165) is 28.8 Å². The summed E-state index contributed by atoms with van der Waals surface area (Å²) in [6.07, 6.45) is 0.960. The molecule has 1 aliphatic rings. The lowest BCUT2D eigenvalue weighted by molar-refractivity contribution is -0.164. The molecule has 0 saturated heterocycles. The third-order valence-corrected chi connectivity index (χ3v) is 6.35. The van der Waals surface area contributed by atoms with Crippen LogP contribution in [0.4, 0.5) is 0 Å². The van der Waals surface area contributed by atoms with Crippen molar-refractivity contribution in [3.63, 3.8) is 0 Å². The van der Waals surface area contributed by atoms with E-state index in [1.807, 2.05) is 66.7 Å². The monoisotopic (exact) mass is 427 g/mol. The van der Waals surface area contributed by atoms with Crippen molar-refractivity contribution in [1.29, 1.82) is 0 Å². The van der Waals surface area contributed by atoms with Crippen molar-refractivity contribution in [2.24, 2.45) is 10.4 Å². The van der Waals surface area contributed by atoms with E-state index < -0.39 is 11.5 Å². The third-order valence-electron chi connectivity index (χ3n) is 6.35. The van der Waals surface area contributed by atoms with Crippen LogP contribution >= 0.6 is 0 Å². The second kappa shape index (κ2) is 9.92. The molecule has 0 aromatic heterocycles. The largest absolute Gasteiger partial charge is 0.460 e. The number of aliphatic imine (C=N–C) groups is 1. The van der Waals surface area contributed by atoms with E-state index >= 15 is 0 Å². The van der Waals surface area contributed by atoms with E-state index in [0.29, 0.717) is 12.8 Å². The molecular weight excluding hydrogens is 398 g/mol. The van der Waals surface area contributed by atoms with Gasteiger partial charge in [0.2, 0.25) is 0 Å². The normalized spacial score (nSPS) is 21.0. The number of carbonyl (C=O) groups excluding carboxylic acids is 1. The number of esters is 1. The van der Waals surface area contributed by atoms with E-state index in [9.17, 15) is 9.90 Å². The van der Waals surface area contributed by atoms with Crippen LogP contribution in [0.15, 0.2) is 96.0 Å². The fourth-order valence-corrected chi connectivity index (χ4v) is 4.45. The van der Waals surface area contributed by atoms with Crippen LogP contribution in [0.25, 0.3) is 0 Å². The van der Waals surface area contributed by atoms with Crippen LogP contribution in [0.3, 0.4) is 0 Å². The molecular formula is C28H29NO3. The number of ether oxygens (including phenoxy) is 1. The zero-order chi connectivity index (χ0) is 22.4. The molecule has 1 saturated carbocycles. The molecule has 4 rings (SSSR count). The molecule has 4 nitrogen and oxygen atoms in total. The van der Waals surface area contributed by atoms with Gasteiger partial charge in [-0.05, 0) is 31.7 Å². The van der Waals surface area contributed by atoms with Crippen molar-refractivity contribution in [1.82, 2.24) is 0 Å². The summed E-state index contributed by atoms with van der Waals surface area (Å²) in [6.45, 7) is 1.90. The Morgan fingerprint density at radius 1 is 0.969 bits per heavy atom. The molecule has 3 aromatic carbocycles. The molecule has 3 atom stereocenters. The lowest BCUT2D eigenvalue weighted by Gasteiger charge is -2.29. The molecule has 0 aliphatic heterocycles. The van der Waals surface area contributed by atoms with Crippen LogP contribution in [0.1, 0.15) is 42.9 Å². The number of aliphatic hydroxyl groups is 1. The number of benzene rings is 3. The van der Waals surface area contributed by atoms with Gasteiger partial charge in [-0.1, -0.05) is 91.0 Å². The maximum atomic E-state index is 13.1. The highest BCUT2D eigenvalue weighted by atomic mass is 16.5. The van der Waals surface area contributed by atoms with Crippen LogP contribution in [-0.2, 0) is 16.1 Å². The molecule has 0 radical (unpaired) electrons. The van der Waals surface area contributed by atoms with Crippen molar-refractivity contribution >= 4 is 11.7 Å². The number of hydrogen-bond donors (Lipinski definition) is 1. The summed E-state index contributed by atoms with van der Waals surface area (Å²) in [5, 5.41) is 10.6. The number of carbonyl (C=O) groups is 1. The smallest absolute Gasteiger partial charge is 0.315 e. The number of aliphatic hydroxyl groups excluding tert-OH is 1. The predicted octanol–water partition coefficient (Wildman–Crippen LogP) is 5.19. The van der Waals surface area contributed by atoms with Gasteiger partial charge in [0.15, 0.2) is 0 Å². The maximum Gasteiger partial charge on any atom is 0.315 e. The molecule has 32 heavy (non-hydrogen) atoms. The van der Waals surface area contributed by atoms with Gasteiger partial charge in [-0.15, -0.1) is 0 Å². The van der Waals surface area contributed by atoms with Gasteiger partial charge in [-0.25, -0.2) is 0 Å². The van der Waals surface area contributed by atoms with E-state index in [1.54, 1.807) is 6.92 Å². The molecule has 4 heteroatoms. The maximum absolute atomic E-state index is 13.1. The first-order chi connectivity index (χ1) is 15.6. The summed E-state index contributed by atoms with van der Waals surface area (Å²) >= 11 is 0. The molecule has 0 spiro atoms. The number of hydrogen-bond acceptors (Lipinski definition) is 4. The Morgan fingerprint density at radius 2 is 1.50 bits per heavy atom. The molecule has 0 bridgehead atoms. The van der Waals surface area contributed by atoms with E-state index in [1.165, 1.54) is 0 Å². The van der Waals surface area contributed by atoms with Gasteiger partial charge in [0.25, 0.3) is 0 Å². The molecule has 1 fully saturated rings. The lowest BCUT2D eigenvalue weighted by atomic mass is 9.81. The molecule has 0 amide bonds. The van der Waals surface area contributed by atoms with Crippen LogP contribution in [-0.4, -0.2) is 28.9 Å². The Hall–Kier alpha value is -3.24. The summed E-state index contributed by atoms with van der Waals surface area (Å²) < 4.78 is 5.65. The first-order valence-electron chi connectivity index (χ1n) is 11.2. The predicted molar refractivity (Wildman–Crippen MR) is 127 cm³/mol. The fraction of sp³-hybridized carbons (Fsp3) is 0.286. The summed E-state index contributed by atoms with van der Waals surface area (Å²) in [4.78, 5) is 18.2. The minimum absolute atomic E-state index is 0.0655. The van der Waals surface area contributed by atoms with Crippen LogP contribution in [0.2, 0.25) is 0 Å². The van der Waals surface area contributed by atoms with Gasteiger partial charge in [0.1, 0.15) is 6.61 Å². The Labute approximate surface area is 189 Å². The summed E-state index contributed by atoms with van der Waals surface area (Å²) in [5.74, 6) is -0.338. The molecule has 1 aliphatic carbocycles. The van der Waals surface area contributed by atoms with E-state index in [-0.39, 0.29) is 18.6 Å². The van der Waals surface area contributed by atoms with E-state index in [2.05, 4.69) is 24.3 Å². The summed E-state index contributed by atoms with van der Waals surface area (Å²) in [6, 6.07) is 29.8. The number of nitrogens with zero attached hydrogens (tertiary/aromatic N) is 1. The zero-order valence-electron chi connectivity index (χ0n) is 18.4. The van der Waals surface area contributed by atoms with Crippen molar-refractivity contribution in [3.05, 3.63) is 108 Å². The second-order valence-electron chi connectivity index (χ2n) is 8.50. The standard InChI is InChI=1S/C28H29NO3/c1-21(30)28(27(31)32-20-22-11-5-2-6-12-22)18-17-25(19-28)29-26(23-13-7-3-8-14-23)24-15-9-4-10-16-24/h2-16,21,25,30H,17-20H2,1H3/t21?,25-,28?/m1/s1. The average Bonchev–Trinajstić information content (AvgIpc) is 3.28. The van der Waals surface area contributed by atoms with Gasteiger partial charge in [-0.3, -0.25) is 9.79 Å². The third kappa shape index (κ3) is 4.81. The van der Waals surface area contributed by atoms with Crippen LogP contribution in [0, 0.1) is 5.41 Å². The SMILES string of the molecule is CC(O)C1(C(=O)OCc2ccccc2)CC[C@@H](N=C(c2ccccc2)c2ccccc2)C1. The molecule has 0 heterocycles. The van der Waals surface area contributed by atoms with Crippen LogP contribution < -0.4 is 0 Å². The van der Waals surface area contributed by atoms with E-state index in [4.69, 9.17) is 9.73 Å². The Kier molecular flexibility index (Phi) is 6.81. The van der Waals surface area contributed by atoms with Crippen molar-refractivity contribution in [3.8, 4) is 0 Å². The zero-order valence-corrected chi connectivity index (χ0v) is 18.4. The molecule has 164 valence electrons. The molecule has 1 N–H and O–H groups in total. The topological polar surface area (TPSA) is 58.9 Å². The van der Waals surface area contributed by atoms with Gasteiger partial charge in [0, 0.05) is 11.1 Å². The van der Waals surface area contributed by atoms with Crippen molar-refractivity contribution in [2.75, 3.05) is 0 Å². The highest BCUT2D eigenvalue weighted by Gasteiger charge is 2.50. The summed E-state index contributed by atoms with van der Waals surface area (Å²) in [5.41, 5.74) is 3.00. The van der Waals surface area contributed by atoms with Gasteiger partial charge < -0.3 is 9.84 Å². The average molecular weight is 428 g/mol. The number of rotatable bonds is 7. The first-order valence-corrected chi connectivity index (χ1v) is 11.2. The second-order valence-corrected chi connectivity index (χ2v) is 8.50. The van der Waals surface area contributed by atoms with Crippen molar-refractivity contribution < 1.29 is 14.6 Å². The van der Waals surface area contributed by atoms with Gasteiger partial charge >= 0.3 is 5.97 Å². The quantitative estimate of drug-likeness (QED) is 0.417.